The van der Waals surface area contributed by atoms with E-state index < -0.39 is 51.3 Å². The van der Waals surface area contributed by atoms with Crippen LogP contribution in [0.15, 0.2) is 18.3 Å². The second kappa shape index (κ2) is 10.4. The predicted molar refractivity (Wildman–Crippen MR) is 140 cm³/mol. The number of fused-ring (bicyclic) bond motifs is 1. The van der Waals surface area contributed by atoms with E-state index in [4.69, 9.17) is 21.1 Å². The zero-order chi connectivity index (χ0) is 29.7. The number of aromatic nitrogens is 3. The van der Waals surface area contributed by atoms with Gasteiger partial charge in [-0.1, -0.05) is 11.6 Å². The Bertz CT molecular complexity index is 1460. The molecule has 1 aliphatic heterocycles. The summed E-state index contributed by atoms with van der Waals surface area (Å²) in [6.07, 6.45) is -3.74. The van der Waals surface area contributed by atoms with Gasteiger partial charge in [0.05, 0.1) is 35.2 Å². The van der Waals surface area contributed by atoms with Crippen LogP contribution in [-0.4, -0.2) is 69.4 Å². The number of likely N-dealkylation sites (tertiary alicyclic amines) is 1. The molecule has 0 saturated carbocycles. The standard InChI is InChI=1S/C26H28ClF4N5O4/c1-12-17(7-8-36(12)24(38)40-25(2,3)4)35(5)22-15-11-32-20(19(28)21(15)33-23(34-22)39-6)14-9-13(37)10-16(27)18(14)26(29,30)31/h9-12,17,37H,7-8H2,1-6H3. The van der Waals surface area contributed by atoms with Crippen molar-refractivity contribution in [3.63, 3.8) is 0 Å². The summed E-state index contributed by atoms with van der Waals surface area (Å²) in [4.78, 5) is 28.4. The molecule has 2 unspecified atom stereocenters. The molecule has 0 radical (unpaired) electrons. The minimum absolute atomic E-state index is 0.104. The summed E-state index contributed by atoms with van der Waals surface area (Å²) in [5, 5.41) is 9.22. The highest BCUT2D eigenvalue weighted by Crippen LogP contribution is 2.44. The molecule has 3 heterocycles. The number of benzene rings is 1. The van der Waals surface area contributed by atoms with E-state index >= 15 is 4.39 Å². The molecule has 1 aromatic carbocycles. The van der Waals surface area contributed by atoms with Crippen LogP contribution in [0.5, 0.6) is 11.8 Å². The molecule has 1 amide bonds. The van der Waals surface area contributed by atoms with Gasteiger partial charge in [-0.2, -0.15) is 23.1 Å². The van der Waals surface area contributed by atoms with E-state index in [9.17, 15) is 23.1 Å². The SMILES string of the molecule is COc1nc(N(C)C2CCN(C(=O)OC(C)(C)C)C2C)c2cnc(-c3cc(O)cc(Cl)c3C(F)(F)F)c(F)c2n1. The maximum atomic E-state index is 15.9. The van der Waals surface area contributed by atoms with Crippen molar-refractivity contribution in [1.29, 1.82) is 0 Å². The largest absolute Gasteiger partial charge is 0.508 e. The lowest BCUT2D eigenvalue weighted by Gasteiger charge is -2.33. The second-order valence-electron chi connectivity index (χ2n) is 10.4. The Morgan fingerprint density at radius 1 is 1.23 bits per heavy atom. The number of aromatic hydroxyl groups is 1. The Morgan fingerprint density at radius 2 is 1.90 bits per heavy atom. The number of phenols is 1. The summed E-state index contributed by atoms with van der Waals surface area (Å²) in [5.74, 6) is -1.58. The molecule has 0 spiro atoms. The average Bonchev–Trinajstić information content (AvgIpc) is 3.22. The number of alkyl halides is 3. The van der Waals surface area contributed by atoms with Crippen molar-refractivity contribution in [2.45, 2.75) is 58.0 Å². The summed E-state index contributed by atoms with van der Waals surface area (Å²) >= 11 is 5.79. The number of hydrogen-bond acceptors (Lipinski definition) is 8. The van der Waals surface area contributed by atoms with Crippen LogP contribution < -0.4 is 9.64 Å². The number of rotatable bonds is 4. The number of amides is 1. The summed E-state index contributed by atoms with van der Waals surface area (Å²) in [7, 11) is 2.97. The smallest absolute Gasteiger partial charge is 0.418 e. The fourth-order valence-corrected chi connectivity index (χ4v) is 5.13. The number of carbonyl (C=O) groups is 1. The minimum atomic E-state index is -4.96. The van der Waals surface area contributed by atoms with Gasteiger partial charge in [-0.3, -0.25) is 4.98 Å². The number of carbonyl (C=O) groups excluding carboxylic acids is 1. The van der Waals surface area contributed by atoms with Crippen molar-refractivity contribution in [1.82, 2.24) is 19.9 Å². The molecule has 1 N–H and O–H groups in total. The van der Waals surface area contributed by atoms with Gasteiger partial charge in [0.15, 0.2) is 5.82 Å². The van der Waals surface area contributed by atoms with Gasteiger partial charge in [-0.15, -0.1) is 0 Å². The maximum absolute atomic E-state index is 15.9. The lowest BCUT2D eigenvalue weighted by atomic mass is 10.0. The van der Waals surface area contributed by atoms with Gasteiger partial charge in [0.2, 0.25) is 0 Å². The Balaban J connectivity index is 1.81. The fraction of sp³-hybridized carbons (Fsp3) is 0.462. The van der Waals surface area contributed by atoms with E-state index in [1.54, 1.807) is 37.6 Å². The fourth-order valence-electron chi connectivity index (χ4n) is 4.81. The summed E-state index contributed by atoms with van der Waals surface area (Å²) in [6, 6.07) is 0.624. The number of phenolic OH excluding ortho intramolecular Hbond substituents is 1. The number of hydrogen-bond donors (Lipinski definition) is 1. The highest BCUT2D eigenvalue weighted by atomic mass is 35.5. The van der Waals surface area contributed by atoms with E-state index in [-0.39, 0.29) is 34.8 Å². The Hall–Kier alpha value is -3.61. The van der Waals surface area contributed by atoms with Gasteiger partial charge in [-0.05, 0) is 46.2 Å². The van der Waals surface area contributed by atoms with Crippen molar-refractivity contribution < 1.29 is 36.9 Å². The summed E-state index contributed by atoms with van der Waals surface area (Å²) < 4.78 is 68.2. The van der Waals surface area contributed by atoms with Crippen LogP contribution in [0, 0.1) is 5.82 Å². The zero-order valence-electron chi connectivity index (χ0n) is 22.6. The van der Waals surface area contributed by atoms with Crippen LogP contribution in [0.3, 0.4) is 0 Å². The van der Waals surface area contributed by atoms with Crippen molar-refractivity contribution in [2.75, 3.05) is 25.6 Å². The summed E-state index contributed by atoms with van der Waals surface area (Å²) in [5.41, 5.74) is -3.83. The van der Waals surface area contributed by atoms with Crippen molar-refractivity contribution in [3.05, 3.63) is 34.7 Å². The van der Waals surface area contributed by atoms with E-state index in [1.165, 1.54) is 7.11 Å². The van der Waals surface area contributed by atoms with Gasteiger partial charge in [-0.25, -0.2) is 9.18 Å². The molecule has 9 nitrogen and oxygen atoms in total. The topological polar surface area (TPSA) is 101 Å². The van der Waals surface area contributed by atoms with Crippen LogP contribution in [0.4, 0.5) is 28.2 Å². The van der Waals surface area contributed by atoms with E-state index in [0.717, 1.165) is 12.3 Å². The Kier molecular flexibility index (Phi) is 7.65. The van der Waals surface area contributed by atoms with Crippen LogP contribution in [0.2, 0.25) is 5.02 Å². The quantitative estimate of drug-likeness (QED) is 0.369. The first-order chi connectivity index (χ1) is 18.5. The molecular weight excluding hydrogens is 558 g/mol. The zero-order valence-corrected chi connectivity index (χ0v) is 23.4. The maximum Gasteiger partial charge on any atom is 0.418 e. The van der Waals surface area contributed by atoms with Gasteiger partial charge in [0, 0.05) is 25.4 Å². The third-order valence-corrected chi connectivity index (χ3v) is 6.91. The first-order valence-corrected chi connectivity index (χ1v) is 12.6. The van der Waals surface area contributed by atoms with Crippen molar-refractivity contribution in [2.24, 2.45) is 0 Å². The third-order valence-electron chi connectivity index (χ3n) is 6.61. The highest BCUT2D eigenvalue weighted by molar-refractivity contribution is 6.32. The predicted octanol–water partition coefficient (Wildman–Crippen LogP) is 6.05. The lowest BCUT2D eigenvalue weighted by Crippen LogP contribution is -2.45. The second-order valence-corrected chi connectivity index (χ2v) is 10.9. The Labute approximate surface area is 232 Å². The molecule has 14 heteroatoms. The number of anilines is 1. The summed E-state index contributed by atoms with van der Waals surface area (Å²) in [6.45, 7) is 7.56. The van der Waals surface area contributed by atoms with Crippen LogP contribution in [-0.2, 0) is 10.9 Å². The average molecular weight is 586 g/mol. The number of methoxy groups -OCH3 is 1. The van der Waals surface area contributed by atoms with Crippen molar-refractivity contribution >= 4 is 34.4 Å². The normalized spacial score (nSPS) is 17.8. The number of nitrogens with zero attached hydrogens (tertiary/aromatic N) is 5. The molecule has 2 atom stereocenters. The van der Waals surface area contributed by atoms with Crippen molar-refractivity contribution in [3.8, 4) is 23.0 Å². The first kappa shape index (κ1) is 29.4. The monoisotopic (exact) mass is 585 g/mol. The highest BCUT2D eigenvalue weighted by Gasteiger charge is 2.40. The molecule has 1 fully saturated rings. The molecule has 40 heavy (non-hydrogen) atoms. The number of ether oxygens (including phenoxy) is 2. The van der Waals surface area contributed by atoms with Crippen LogP contribution >= 0.6 is 11.6 Å². The number of halogens is 5. The molecule has 3 aromatic rings. The van der Waals surface area contributed by atoms with Crippen LogP contribution in [0.1, 0.15) is 39.7 Å². The molecular formula is C26H28ClF4N5O4. The van der Waals surface area contributed by atoms with Gasteiger partial charge < -0.3 is 24.4 Å². The molecule has 0 bridgehead atoms. The molecule has 2 aromatic heterocycles. The molecule has 216 valence electrons. The van der Waals surface area contributed by atoms with Gasteiger partial charge in [0.1, 0.15) is 28.4 Å². The molecule has 1 saturated heterocycles. The third kappa shape index (κ3) is 5.51. The Morgan fingerprint density at radius 3 is 2.50 bits per heavy atom. The van der Waals surface area contributed by atoms with E-state index in [1.807, 2.05) is 6.92 Å². The van der Waals surface area contributed by atoms with E-state index in [0.29, 0.717) is 19.0 Å². The molecule has 0 aliphatic carbocycles. The van der Waals surface area contributed by atoms with Gasteiger partial charge in [0.25, 0.3) is 0 Å². The number of likely N-dealkylation sites (N-methyl/N-ethyl adjacent to an activating group) is 1. The van der Waals surface area contributed by atoms with Crippen LogP contribution in [0.25, 0.3) is 22.2 Å². The van der Waals surface area contributed by atoms with E-state index in [2.05, 4.69) is 15.0 Å². The molecule has 1 aliphatic rings. The number of pyridine rings is 1. The van der Waals surface area contributed by atoms with Gasteiger partial charge >= 0.3 is 18.3 Å². The molecule has 4 rings (SSSR count). The first-order valence-electron chi connectivity index (χ1n) is 12.3. The minimum Gasteiger partial charge on any atom is -0.508 e. The lowest BCUT2D eigenvalue weighted by molar-refractivity contribution is -0.137.